The lowest BCUT2D eigenvalue weighted by Crippen LogP contribution is -2.30. The molecule has 0 aromatic carbocycles. The van der Waals surface area contributed by atoms with E-state index in [1.807, 2.05) is 13.8 Å². The van der Waals surface area contributed by atoms with E-state index < -0.39 is 22.5 Å². The normalized spacial score (nSPS) is 10.9. The lowest BCUT2D eigenvalue weighted by molar-refractivity contribution is 0.652. The maximum atomic E-state index is 11.4. The molecule has 0 amide bonds. The van der Waals surface area contributed by atoms with Gasteiger partial charge in [-0.05, 0) is 12.8 Å². The summed E-state index contributed by atoms with van der Waals surface area (Å²) >= 11 is 0. The van der Waals surface area contributed by atoms with Gasteiger partial charge < -0.3 is 9.97 Å². The summed E-state index contributed by atoms with van der Waals surface area (Å²) in [5.41, 5.74) is -0.130. The quantitative estimate of drug-likeness (QED) is 0.372. The second-order valence-corrected chi connectivity index (χ2v) is 6.02. The fourth-order valence-corrected chi connectivity index (χ4v) is 2.83. The number of nitrogens with one attached hydrogen (secondary N) is 4. The summed E-state index contributed by atoms with van der Waals surface area (Å²) in [5, 5.41) is 0. The van der Waals surface area contributed by atoms with Gasteiger partial charge >= 0.3 is 11.4 Å². The van der Waals surface area contributed by atoms with Gasteiger partial charge in [0.1, 0.15) is 11.0 Å². The van der Waals surface area contributed by atoms with Gasteiger partial charge in [-0.3, -0.25) is 28.7 Å². The van der Waals surface area contributed by atoms with Crippen LogP contribution in [-0.2, 0) is 13.1 Å². The minimum atomic E-state index is -0.421. The number of H-pyrrole nitrogens is 4. The molecule has 0 radical (unpaired) electrons. The molecule has 0 aliphatic rings. The molecular formula is C16H20N8O4. The molecule has 0 fully saturated rings. The fraction of sp³-hybridized carbons (Fsp3) is 0.375. The van der Waals surface area contributed by atoms with Gasteiger partial charge in [-0.25, -0.2) is 19.6 Å². The highest BCUT2D eigenvalue weighted by molar-refractivity contribution is 5.69. The van der Waals surface area contributed by atoms with E-state index in [1.165, 1.54) is 21.8 Å². The lowest BCUT2D eigenvalue weighted by atomic mass is 10.4. The monoisotopic (exact) mass is 388 g/mol. The fourth-order valence-electron chi connectivity index (χ4n) is 2.83. The van der Waals surface area contributed by atoms with Crippen molar-refractivity contribution in [2.24, 2.45) is 0 Å². The van der Waals surface area contributed by atoms with Crippen LogP contribution < -0.4 is 22.5 Å². The minimum Gasteiger partial charge on any atom is -0.339 e. The first-order chi connectivity index (χ1) is 13.5. The van der Waals surface area contributed by atoms with Crippen molar-refractivity contribution in [2.45, 2.75) is 39.8 Å². The van der Waals surface area contributed by atoms with Crippen molar-refractivity contribution in [1.29, 1.82) is 0 Å². The van der Waals surface area contributed by atoms with Crippen LogP contribution in [0.25, 0.3) is 22.3 Å². The van der Waals surface area contributed by atoms with E-state index in [9.17, 15) is 19.2 Å². The summed E-state index contributed by atoms with van der Waals surface area (Å²) in [6.45, 7) is 5.01. The molecule has 0 aliphatic heterocycles. The van der Waals surface area contributed by atoms with E-state index in [0.29, 0.717) is 35.4 Å². The minimum absolute atomic E-state index is 0.345. The second-order valence-electron chi connectivity index (χ2n) is 6.02. The summed E-state index contributed by atoms with van der Waals surface area (Å²) in [4.78, 5) is 63.1. The Morgan fingerprint density at radius 2 is 1.14 bits per heavy atom. The average Bonchev–Trinajstić information content (AvgIpc) is 3.32. The highest BCUT2D eigenvalue weighted by Gasteiger charge is 2.08. The number of fused-ring (bicyclic) bond motifs is 2. The van der Waals surface area contributed by atoms with Crippen LogP contribution in [0.15, 0.2) is 31.8 Å². The molecule has 0 spiro atoms. The number of hydrogen-bond acceptors (Lipinski definition) is 6. The molecule has 4 N–H and O–H groups in total. The van der Waals surface area contributed by atoms with E-state index in [1.54, 1.807) is 0 Å². The zero-order chi connectivity index (χ0) is 20.3. The zero-order valence-corrected chi connectivity index (χ0v) is 15.4. The number of aromatic amines is 4. The molecule has 0 saturated carbocycles. The third-order valence-electron chi connectivity index (χ3n) is 4.03. The van der Waals surface area contributed by atoms with Crippen LogP contribution in [0.2, 0.25) is 0 Å². The predicted molar refractivity (Wildman–Crippen MR) is 103 cm³/mol. The maximum Gasteiger partial charge on any atom is 0.330 e. The SMILES string of the molecule is CCCn1c(=O)[nH]c(=O)c2[nH]cnc21.CCCn1c(=O)[nH]c(=O)c2[nH]cnc21. The first kappa shape index (κ1) is 19.1. The van der Waals surface area contributed by atoms with Gasteiger partial charge in [-0.2, -0.15) is 0 Å². The van der Waals surface area contributed by atoms with Crippen LogP contribution >= 0.6 is 0 Å². The number of imidazole rings is 2. The second kappa shape index (κ2) is 7.90. The number of aryl methyl sites for hydroxylation is 2. The molecule has 0 aliphatic carbocycles. The maximum absolute atomic E-state index is 11.4. The number of hydrogen-bond donors (Lipinski definition) is 4. The van der Waals surface area contributed by atoms with Gasteiger partial charge in [0.15, 0.2) is 11.3 Å². The molecule has 12 heteroatoms. The number of aromatic nitrogens is 8. The van der Waals surface area contributed by atoms with Crippen molar-refractivity contribution in [3.8, 4) is 0 Å². The Morgan fingerprint density at radius 1 is 0.750 bits per heavy atom. The standard InChI is InChI=1S/2C8H10N4O2/c2*1-2-3-12-6-5(9-4-10-6)7(13)11-8(12)14/h2*4H,2-3H2,1H3,(H,9,10)(H,11,13,14). The van der Waals surface area contributed by atoms with Crippen LogP contribution in [0, 0.1) is 0 Å². The van der Waals surface area contributed by atoms with Crippen LogP contribution in [0.5, 0.6) is 0 Å². The Balaban J connectivity index is 0.000000161. The van der Waals surface area contributed by atoms with Gasteiger partial charge in [0, 0.05) is 13.1 Å². The highest BCUT2D eigenvalue weighted by atomic mass is 16.2. The van der Waals surface area contributed by atoms with Gasteiger partial charge in [-0.1, -0.05) is 13.8 Å². The third-order valence-corrected chi connectivity index (χ3v) is 4.03. The Kier molecular flexibility index (Phi) is 5.38. The van der Waals surface area contributed by atoms with Crippen molar-refractivity contribution in [3.05, 3.63) is 54.3 Å². The summed E-state index contributed by atoms with van der Waals surface area (Å²) in [6, 6.07) is 0. The molecule has 0 atom stereocenters. The Morgan fingerprint density at radius 3 is 1.50 bits per heavy atom. The molecule has 4 aromatic rings. The van der Waals surface area contributed by atoms with Crippen LogP contribution in [0.3, 0.4) is 0 Å². The van der Waals surface area contributed by atoms with Crippen molar-refractivity contribution < 1.29 is 0 Å². The van der Waals surface area contributed by atoms with E-state index >= 15 is 0 Å². The lowest BCUT2D eigenvalue weighted by Gasteiger charge is -2.02. The summed E-state index contributed by atoms with van der Waals surface area (Å²) in [6.07, 6.45) is 4.44. The highest BCUT2D eigenvalue weighted by Crippen LogP contribution is 2.01. The van der Waals surface area contributed by atoms with Crippen LogP contribution in [-0.4, -0.2) is 39.0 Å². The Hall–Kier alpha value is -3.70. The predicted octanol–water partition coefficient (Wildman–Crippen LogP) is -0.354. The summed E-state index contributed by atoms with van der Waals surface area (Å²) in [7, 11) is 0. The van der Waals surface area contributed by atoms with E-state index in [-0.39, 0.29) is 0 Å². The average molecular weight is 388 g/mol. The largest absolute Gasteiger partial charge is 0.339 e. The molecule has 148 valence electrons. The Labute approximate surface area is 156 Å². The smallest absolute Gasteiger partial charge is 0.330 e. The van der Waals surface area contributed by atoms with E-state index in [2.05, 4.69) is 29.9 Å². The van der Waals surface area contributed by atoms with Gasteiger partial charge in [0.25, 0.3) is 11.1 Å². The van der Waals surface area contributed by atoms with Crippen molar-refractivity contribution in [1.82, 2.24) is 39.0 Å². The molecular weight excluding hydrogens is 368 g/mol. The third kappa shape index (κ3) is 3.43. The molecule has 12 nitrogen and oxygen atoms in total. The molecule has 0 bridgehead atoms. The Bertz CT molecular complexity index is 1230. The summed E-state index contributed by atoms with van der Waals surface area (Å²) < 4.78 is 2.90. The zero-order valence-electron chi connectivity index (χ0n) is 15.4. The van der Waals surface area contributed by atoms with Gasteiger partial charge in [0.05, 0.1) is 12.7 Å². The van der Waals surface area contributed by atoms with Crippen molar-refractivity contribution in [3.63, 3.8) is 0 Å². The van der Waals surface area contributed by atoms with Crippen LogP contribution in [0.1, 0.15) is 26.7 Å². The molecule has 4 aromatic heterocycles. The number of rotatable bonds is 4. The van der Waals surface area contributed by atoms with Crippen molar-refractivity contribution >= 4 is 22.3 Å². The van der Waals surface area contributed by atoms with Crippen LogP contribution in [0.4, 0.5) is 0 Å². The van der Waals surface area contributed by atoms with Crippen molar-refractivity contribution in [2.75, 3.05) is 0 Å². The first-order valence-electron chi connectivity index (χ1n) is 8.80. The van der Waals surface area contributed by atoms with E-state index in [0.717, 1.165) is 12.8 Å². The topological polar surface area (TPSA) is 167 Å². The first-order valence-corrected chi connectivity index (χ1v) is 8.80. The molecule has 28 heavy (non-hydrogen) atoms. The summed E-state index contributed by atoms with van der Waals surface area (Å²) in [5.74, 6) is 0. The van der Waals surface area contributed by atoms with Gasteiger partial charge in [0.2, 0.25) is 0 Å². The number of nitrogens with zero attached hydrogens (tertiary/aromatic N) is 4. The molecule has 0 saturated heterocycles. The molecule has 4 heterocycles. The molecule has 0 unspecified atom stereocenters. The van der Waals surface area contributed by atoms with E-state index in [4.69, 9.17) is 0 Å². The van der Waals surface area contributed by atoms with Gasteiger partial charge in [-0.15, -0.1) is 0 Å². The molecule has 4 rings (SSSR count).